The molecule has 1 aliphatic rings. The lowest BCUT2D eigenvalue weighted by Gasteiger charge is -2.36. The van der Waals surface area contributed by atoms with Gasteiger partial charge in [0, 0.05) is 16.8 Å². The Labute approximate surface area is 152 Å². The monoisotopic (exact) mass is 361 g/mol. The van der Waals surface area contributed by atoms with Crippen LogP contribution in [0.1, 0.15) is 31.4 Å². The van der Waals surface area contributed by atoms with Crippen molar-refractivity contribution in [2.45, 2.75) is 45.8 Å². The molecule has 0 N–H and O–H groups in total. The van der Waals surface area contributed by atoms with Gasteiger partial charge in [-0.25, -0.2) is 4.39 Å². The van der Waals surface area contributed by atoms with Crippen LogP contribution in [0, 0.1) is 12.7 Å². The van der Waals surface area contributed by atoms with Crippen molar-refractivity contribution in [1.29, 1.82) is 0 Å². The summed E-state index contributed by atoms with van der Waals surface area (Å²) >= 11 is 5.96. The average molecular weight is 362 g/mol. The molecule has 1 amide bonds. The molecule has 0 radical (unpaired) electrons. The lowest BCUT2D eigenvalue weighted by molar-refractivity contribution is -0.125. The van der Waals surface area contributed by atoms with Gasteiger partial charge in [-0.2, -0.15) is 0 Å². The highest BCUT2D eigenvalue weighted by Crippen LogP contribution is 2.32. The van der Waals surface area contributed by atoms with Crippen molar-refractivity contribution in [1.82, 2.24) is 0 Å². The minimum Gasteiger partial charge on any atom is -0.481 e. The number of benzene rings is 2. The Hall–Kier alpha value is -2.07. The molecule has 0 saturated carbocycles. The molecule has 1 aliphatic heterocycles. The number of halogens is 2. The molecule has 132 valence electrons. The first-order chi connectivity index (χ1) is 11.9. The Morgan fingerprint density at radius 3 is 2.80 bits per heavy atom. The predicted octanol–water partition coefficient (Wildman–Crippen LogP) is 4.92. The van der Waals surface area contributed by atoms with Gasteiger partial charge < -0.3 is 9.64 Å². The Kier molecular flexibility index (Phi) is 5.00. The second-order valence-electron chi connectivity index (χ2n) is 6.54. The van der Waals surface area contributed by atoms with E-state index in [0.29, 0.717) is 10.8 Å². The van der Waals surface area contributed by atoms with E-state index in [1.54, 1.807) is 36.1 Å². The summed E-state index contributed by atoms with van der Waals surface area (Å²) < 4.78 is 19.4. The van der Waals surface area contributed by atoms with Gasteiger partial charge in [-0.15, -0.1) is 0 Å². The van der Waals surface area contributed by atoms with Gasteiger partial charge in [0.15, 0.2) is 6.10 Å². The molecule has 0 aromatic heterocycles. The maximum Gasteiger partial charge on any atom is 0.268 e. The van der Waals surface area contributed by atoms with Gasteiger partial charge in [-0.1, -0.05) is 11.6 Å². The molecule has 0 spiro atoms. The molecule has 2 aromatic rings. The standard InChI is InChI=1S/C20H21ClFNO2/c1-12-10-16(21)6-9-19(12)25-14(3)20(24)23-13(2)4-5-15-11-17(22)7-8-18(15)23/h6-11,13-14H,4-5H2,1-3H3/t13-,14-/m1/s1. The molecule has 0 saturated heterocycles. The summed E-state index contributed by atoms with van der Waals surface area (Å²) in [5, 5.41) is 0.629. The first kappa shape index (κ1) is 17.7. The Bertz CT molecular complexity index is 808. The Morgan fingerprint density at radius 1 is 1.32 bits per heavy atom. The first-order valence-electron chi connectivity index (χ1n) is 8.41. The third-order valence-corrected chi connectivity index (χ3v) is 4.83. The molecule has 3 rings (SSSR count). The second-order valence-corrected chi connectivity index (χ2v) is 6.98. The zero-order chi connectivity index (χ0) is 18.1. The fourth-order valence-corrected chi connectivity index (χ4v) is 3.46. The van der Waals surface area contributed by atoms with Crippen molar-refractivity contribution in [3.05, 3.63) is 58.4 Å². The van der Waals surface area contributed by atoms with E-state index in [9.17, 15) is 9.18 Å². The summed E-state index contributed by atoms with van der Waals surface area (Å²) in [4.78, 5) is 14.8. The molecular weight excluding hydrogens is 341 g/mol. The van der Waals surface area contributed by atoms with Crippen molar-refractivity contribution < 1.29 is 13.9 Å². The molecule has 0 aliphatic carbocycles. The summed E-state index contributed by atoms with van der Waals surface area (Å²) in [6.07, 6.45) is 0.914. The number of aryl methyl sites for hydroxylation is 2. The van der Waals surface area contributed by atoms with Crippen molar-refractivity contribution >= 4 is 23.2 Å². The Balaban J connectivity index is 1.84. The third-order valence-electron chi connectivity index (χ3n) is 4.60. The van der Waals surface area contributed by atoms with Gasteiger partial charge in [0.2, 0.25) is 0 Å². The van der Waals surface area contributed by atoms with Crippen molar-refractivity contribution in [2.75, 3.05) is 4.90 Å². The molecule has 5 heteroatoms. The van der Waals surface area contributed by atoms with Gasteiger partial charge in [0.05, 0.1) is 0 Å². The molecular formula is C20H21ClFNO2. The molecule has 25 heavy (non-hydrogen) atoms. The summed E-state index contributed by atoms with van der Waals surface area (Å²) in [5.41, 5.74) is 2.51. The van der Waals surface area contributed by atoms with E-state index in [0.717, 1.165) is 29.7 Å². The molecule has 0 bridgehead atoms. The van der Waals surface area contributed by atoms with E-state index in [-0.39, 0.29) is 17.8 Å². The van der Waals surface area contributed by atoms with Crippen LogP contribution in [0.4, 0.5) is 10.1 Å². The smallest absolute Gasteiger partial charge is 0.268 e. The van der Waals surface area contributed by atoms with Crippen molar-refractivity contribution in [2.24, 2.45) is 0 Å². The van der Waals surface area contributed by atoms with E-state index < -0.39 is 6.10 Å². The number of hydrogen-bond acceptors (Lipinski definition) is 2. The van der Waals surface area contributed by atoms with E-state index in [4.69, 9.17) is 16.3 Å². The topological polar surface area (TPSA) is 29.5 Å². The van der Waals surface area contributed by atoms with Crippen LogP contribution in [0.25, 0.3) is 0 Å². The third kappa shape index (κ3) is 3.64. The molecule has 0 fully saturated rings. The zero-order valence-electron chi connectivity index (χ0n) is 14.6. The highest BCUT2D eigenvalue weighted by atomic mass is 35.5. The van der Waals surface area contributed by atoms with Crippen LogP contribution in [-0.2, 0) is 11.2 Å². The normalized spacial score (nSPS) is 17.8. The van der Waals surface area contributed by atoms with E-state index in [1.165, 1.54) is 12.1 Å². The number of rotatable bonds is 3. The number of carbonyl (C=O) groups excluding carboxylic acids is 1. The van der Waals surface area contributed by atoms with Crippen molar-refractivity contribution in [3.63, 3.8) is 0 Å². The highest BCUT2D eigenvalue weighted by Gasteiger charge is 2.32. The zero-order valence-corrected chi connectivity index (χ0v) is 15.3. The molecule has 0 unspecified atom stereocenters. The van der Waals surface area contributed by atoms with E-state index >= 15 is 0 Å². The Morgan fingerprint density at radius 2 is 2.08 bits per heavy atom. The fourth-order valence-electron chi connectivity index (χ4n) is 3.24. The summed E-state index contributed by atoms with van der Waals surface area (Å²) in [6, 6.07) is 9.94. The maximum atomic E-state index is 13.5. The van der Waals surface area contributed by atoms with E-state index in [1.807, 2.05) is 13.8 Å². The van der Waals surface area contributed by atoms with Crippen LogP contribution in [0.5, 0.6) is 5.75 Å². The average Bonchev–Trinajstić information content (AvgIpc) is 2.57. The largest absolute Gasteiger partial charge is 0.481 e. The van der Waals surface area contributed by atoms with E-state index in [2.05, 4.69) is 0 Å². The lowest BCUT2D eigenvalue weighted by atomic mass is 9.96. The maximum absolute atomic E-state index is 13.5. The molecule has 1 heterocycles. The SMILES string of the molecule is Cc1cc(Cl)ccc1O[C@H](C)C(=O)N1c2ccc(F)cc2CC[C@H]1C. The van der Waals surface area contributed by atoms with Crippen LogP contribution in [-0.4, -0.2) is 18.1 Å². The quantitative estimate of drug-likeness (QED) is 0.776. The number of anilines is 1. The van der Waals surface area contributed by atoms with Crippen LogP contribution in [0.3, 0.4) is 0 Å². The van der Waals surface area contributed by atoms with Crippen LogP contribution in [0.15, 0.2) is 36.4 Å². The lowest BCUT2D eigenvalue weighted by Crippen LogP contribution is -2.48. The van der Waals surface area contributed by atoms with Gasteiger partial charge >= 0.3 is 0 Å². The van der Waals surface area contributed by atoms with Gasteiger partial charge in [0.25, 0.3) is 5.91 Å². The van der Waals surface area contributed by atoms with Crippen LogP contribution >= 0.6 is 11.6 Å². The number of nitrogens with zero attached hydrogens (tertiary/aromatic N) is 1. The summed E-state index contributed by atoms with van der Waals surface area (Å²) in [7, 11) is 0. The number of amides is 1. The fraction of sp³-hybridized carbons (Fsp3) is 0.350. The summed E-state index contributed by atoms with van der Waals surface area (Å²) in [5.74, 6) is 0.227. The minimum atomic E-state index is -0.654. The minimum absolute atomic E-state index is 0.0443. The number of hydrogen-bond donors (Lipinski definition) is 0. The first-order valence-corrected chi connectivity index (χ1v) is 8.79. The van der Waals surface area contributed by atoms with Crippen LogP contribution < -0.4 is 9.64 Å². The molecule has 2 atom stereocenters. The van der Waals surface area contributed by atoms with Gasteiger partial charge in [0.1, 0.15) is 11.6 Å². The van der Waals surface area contributed by atoms with Crippen LogP contribution in [0.2, 0.25) is 5.02 Å². The number of carbonyl (C=O) groups is 1. The molecule has 2 aromatic carbocycles. The summed E-state index contributed by atoms with van der Waals surface area (Å²) in [6.45, 7) is 5.63. The van der Waals surface area contributed by atoms with Gasteiger partial charge in [-0.3, -0.25) is 4.79 Å². The number of fused-ring (bicyclic) bond motifs is 1. The predicted molar refractivity (Wildman–Crippen MR) is 97.9 cm³/mol. The molecule has 3 nitrogen and oxygen atoms in total. The van der Waals surface area contributed by atoms with Gasteiger partial charge in [-0.05, 0) is 81.1 Å². The second kappa shape index (κ2) is 7.04. The van der Waals surface area contributed by atoms with Crippen molar-refractivity contribution in [3.8, 4) is 5.75 Å². The highest BCUT2D eigenvalue weighted by molar-refractivity contribution is 6.30. The number of ether oxygens (including phenoxy) is 1.